The minimum atomic E-state index is -0.230. The van der Waals surface area contributed by atoms with Crippen molar-refractivity contribution in [2.45, 2.75) is 33.7 Å². The van der Waals surface area contributed by atoms with Gasteiger partial charge in [0.15, 0.2) is 0 Å². The van der Waals surface area contributed by atoms with Gasteiger partial charge in [-0.15, -0.1) is 0 Å². The van der Waals surface area contributed by atoms with Crippen molar-refractivity contribution in [3.63, 3.8) is 0 Å². The van der Waals surface area contributed by atoms with Gasteiger partial charge in [0.25, 0.3) is 0 Å². The number of hydrogen-bond donors (Lipinski definition) is 0. The number of nitrogens with zero attached hydrogens (tertiary/aromatic N) is 2. The summed E-state index contributed by atoms with van der Waals surface area (Å²) in [6.45, 7) is 6.74. The fourth-order valence-corrected chi connectivity index (χ4v) is 2.31. The van der Waals surface area contributed by atoms with Crippen molar-refractivity contribution >= 4 is 5.97 Å². The zero-order chi connectivity index (χ0) is 14.7. The number of aryl methyl sites for hydroxylation is 2. The lowest BCUT2D eigenvalue weighted by Crippen LogP contribution is -2.08. The number of methoxy groups -OCH3 is 1. The predicted octanol–water partition coefficient (Wildman–Crippen LogP) is 2.57. The molecule has 2 aromatic rings. The molecule has 1 aromatic heterocycles. The van der Waals surface area contributed by atoms with Gasteiger partial charge in [-0.3, -0.25) is 9.48 Å². The summed E-state index contributed by atoms with van der Waals surface area (Å²) in [6, 6.07) is 8.26. The molecule has 0 radical (unpaired) electrons. The standard InChI is InChI=1S/C16H20N2O2/c1-11-7-5-6-8-14(11)10-18-13(3)15(12(2)17-18)9-16(19)20-4/h5-8H,9-10H2,1-4H3. The Hall–Kier alpha value is -2.10. The van der Waals surface area contributed by atoms with Gasteiger partial charge < -0.3 is 4.74 Å². The van der Waals surface area contributed by atoms with Crippen molar-refractivity contribution in [3.8, 4) is 0 Å². The number of rotatable bonds is 4. The predicted molar refractivity (Wildman–Crippen MR) is 77.7 cm³/mol. The van der Waals surface area contributed by atoms with Crippen LogP contribution in [0.5, 0.6) is 0 Å². The molecule has 1 aromatic carbocycles. The van der Waals surface area contributed by atoms with Gasteiger partial charge in [-0.25, -0.2) is 0 Å². The van der Waals surface area contributed by atoms with Gasteiger partial charge in [0, 0.05) is 11.3 Å². The van der Waals surface area contributed by atoms with Crippen LogP contribution in [-0.2, 0) is 22.5 Å². The third kappa shape index (κ3) is 2.90. The van der Waals surface area contributed by atoms with Gasteiger partial charge in [0.1, 0.15) is 0 Å². The van der Waals surface area contributed by atoms with Crippen molar-refractivity contribution in [1.29, 1.82) is 0 Å². The van der Waals surface area contributed by atoms with Crippen LogP contribution in [-0.4, -0.2) is 22.9 Å². The second-order valence-electron chi connectivity index (χ2n) is 4.99. The van der Waals surface area contributed by atoms with Crippen LogP contribution in [0.15, 0.2) is 24.3 Å². The highest BCUT2D eigenvalue weighted by Crippen LogP contribution is 2.17. The third-order valence-corrected chi connectivity index (χ3v) is 3.66. The number of benzene rings is 1. The maximum absolute atomic E-state index is 11.4. The Balaban J connectivity index is 2.28. The first kappa shape index (κ1) is 14.3. The van der Waals surface area contributed by atoms with Crippen molar-refractivity contribution < 1.29 is 9.53 Å². The molecule has 4 heteroatoms. The molecule has 0 aliphatic heterocycles. The zero-order valence-electron chi connectivity index (χ0n) is 12.4. The summed E-state index contributed by atoms with van der Waals surface area (Å²) >= 11 is 0. The Morgan fingerprint density at radius 2 is 1.95 bits per heavy atom. The molecule has 2 rings (SSSR count). The number of carbonyl (C=O) groups excluding carboxylic acids is 1. The van der Waals surface area contributed by atoms with Gasteiger partial charge in [-0.1, -0.05) is 24.3 Å². The number of hydrogen-bond acceptors (Lipinski definition) is 3. The van der Waals surface area contributed by atoms with E-state index < -0.39 is 0 Å². The van der Waals surface area contributed by atoms with Crippen molar-refractivity contribution in [2.75, 3.05) is 7.11 Å². The normalized spacial score (nSPS) is 10.6. The number of aromatic nitrogens is 2. The molecule has 106 valence electrons. The molecule has 0 unspecified atom stereocenters. The molecule has 0 bridgehead atoms. The molecule has 0 aliphatic rings. The minimum absolute atomic E-state index is 0.230. The lowest BCUT2D eigenvalue weighted by atomic mass is 10.1. The molecule has 0 saturated carbocycles. The fourth-order valence-electron chi connectivity index (χ4n) is 2.31. The van der Waals surface area contributed by atoms with Crippen molar-refractivity contribution in [2.24, 2.45) is 0 Å². The number of carbonyl (C=O) groups is 1. The van der Waals surface area contributed by atoms with Crippen LogP contribution in [0.2, 0.25) is 0 Å². The Labute approximate surface area is 119 Å². The molecule has 0 N–H and O–H groups in total. The van der Waals surface area contributed by atoms with E-state index in [-0.39, 0.29) is 12.4 Å². The first-order valence-electron chi connectivity index (χ1n) is 6.67. The Kier molecular flexibility index (Phi) is 4.23. The highest BCUT2D eigenvalue weighted by Gasteiger charge is 2.15. The van der Waals surface area contributed by atoms with Gasteiger partial charge in [0.2, 0.25) is 0 Å². The molecule has 0 amide bonds. The van der Waals surface area contributed by atoms with Crippen molar-refractivity contribution in [1.82, 2.24) is 9.78 Å². The molecular weight excluding hydrogens is 252 g/mol. The average Bonchev–Trinajstić information content (AvgIpc) is 2.69. The molecule has 4 nitrogen and oxygen atoms in total. The summed E-state index contributed by atoms with van der Waals surface area (Å²) in [4.78, 5) is 11.4. The van der Waals surface area contributed by atoms with Crippen LogP contribution in [0.25, 0.3) is 0 Å². The van der Waals surface area contributed by atoms with Crippen LogP contribution in [0.1, 0.15) is 28.1 Å². The van der Waals surface area contributed by atoms with E-state index >= 15 is 0 Å². The Morgan fingerprint density at radius 3 is 2.60 bits per heavy atom. The smallest absolute Gasteiger partial charge is 0.310 e. The molecule has 1 heterocycles. The molecule has 0 atom stereocenters. The zero-order valence-corrected chi connectivity index (χ0v) is 12.4. The highest BCUT2D eigenvalue weighted by molar-refractivity contribution is 5.73. The minimum Gasteiger partial charge on any atom is -0.469 e. The SMILES string of the molecule is COC(=O)Cc1c(C)nn(Cc2ccccc2C)c1C. The Morgan fingerprint density at radius 1 is 1.25 bits per heavy atom. The summed E-state index contributed by atoms with van der Waals surface area (Å²) in [6.07, 6.45) is 0.280. The van der Waals surface area contributed by atoms with Crippen molar-refractivity contribution in [3.05, 3.63) is 52.3 Å². The molecule has 0 spiro atoms. The molecule has 0 aliphatic carbocycles. The lowest BCUT2D eigenvalue weighted by Gasteiger charge is -2.08. The van der Waals surface area contributed by atoms with E-state index in [1.807, 2.05) is 30.7 Å². The van der Waals surface area contributed by atoms with Crippen LogP contribution < -0.4 is 0 Å². The Bertz CT molecular complexity index is 629. The van der Waals surface area contributed by atoms with Gasteiger partial charge in [0.05, 0.1) is 25.8 Å². The van der Waals surface area contributed by atoms with E-state index in [1.165, 1.54) is 18.2 Å². The van der Waals surface area contributed by atoms with E-state index in [1.54, 1.807) is 0 Å². The monoisotopic (exact) mass is 272 g/mol. The first-order chi connectivity index (χ1) is 9.52. The number of esters is 1. The third-order valence-electron chi connectivity index (χ3n) is 3.66. The second kappa shape index (κ2) is 5.90. The second-order valence-corrected chi connectivity index (χ2v) is 4.99. The van der Waals surface area contributed by atoms with Crippen LogP contribution in [0.3, 0.4) is 0 Å². The quantitative estimate of drug-likeness (QED) is 0.803. The fraction of sp³-hybridized carbons (Fsp3) is 0.375. The maximum atomic E-state index is 11.4. The first-order valence-corrected chi connectivity index (χ1v) is 6.67. The summed E-state index contributed by atoms with van der Waals surface area (Å²) in [7, 11) is 1.41. The van der Waals surface area contributed by atoms with Gasteiger partial charge in [-0.05, 0) is 31.9 Å². The van der Waals surface area contributed by atoms with Crippen LogP contribution in [0.4, 0.5) is 0 Å². The molecule has 0 saturated heterocycles. The molecule has 20 heavy (non-hydrogen) atoms. The summed E-state index contributed by atoms with van der Waals surface area (Å²) < 4.78 is 6.69. The van der Waals surface area contributed by atoms with E-state index in [0.29, 0.717) is 0 Å². The summed E-state index contributed by atoms with van der Waals surface area (Å²) in [5.41, 5.74) is 5.36. The van der Waals surface area contributed by atoms with Crippen LogP contribution in [0, 0.1) is 20.8 Å². The van der Waals surface area contributed by atoms with E-state index in [2.05, 4.69) is 24.2 Å². The van der Waals surface area contributed by atoms with E-state index in [9.17, 15) is 4.79 Å². The van der Waals surface area contributed by atoms with E-state index in [0.717, 1.165) is 23.5 Å². The van der Waals surface area contributed by atoms with Gasteiger partial charge in [-0.2, -0.15) is 5.10 Å². The lowest BCUT2D eigenvalue weighted by molar-refractivity contribution is -0.139. The molecule has 0 fully saturated rings. The van der Waals surface area contributed by atoms with Crippen LogP contribution >= 0.6 is 0 Å². The highest BCUT2D eigenvalue weighted by atomic mass is 16.5. The number of ether oxygens (including phenoxy) is 1. The van der Waals surface area contributed by atoms with E-state index in [4.69, 9.17) is 4.74 Å². The topological polar surface area (TPSA) is 44.1 Å². The molecular formula is C16H20N2O2. The average molecular weight is 272 g/mol. The van der Waals surface area contributed by atoms with Gasteiger partial charge >= 0.3 is 5.97 Å². The summed E-state index contributed by atoms with van der Waals surface area (Å²) in [5, 5.41) is 4.54. The maximum Gasteiger partial charge on any atom is 0.310 e. The largest absolute Gasteiger partial charge is 0.469 e. The summed E-state index contributed by atoms with van der Waals surface area (Å²) in [5.74, 6) is -0.230.